The average molecular weight is 259 g/mol. The van der Waals surface area contributed by atoms with Crippen LogP contribution in [-0.2, 0) is 13.6 Å². The van der Waals surface area contributed by atoms with Crippen molar-refractivity contribution in [2.24, 2.45) is 0 Å². The highest BCUT2D eigenvalue weighted by Crippen LogP contribution is 2.51. The summed E-state index contributed by atoms with van der Waals surface area (Å²) in [4.78, 5) is 0. The lowest BCUT2D eigenvalue weighted by molar-refractivity contribution is 0.145. The van der Waals surface area contributed by atoms with E-state index in [9.17, 15) is 4.57 Å². The third-order valence-corrected chi connectivity index (χ3v) is 4.51. The second-order valence-corrected chi connectivity index (χ2v) is 6.43. The van der Waals surface area contributed by atoms with Crippen LogP contribution >= 0.6 is 23.5 Å². The minimum absolute atomic E-state index is 0.0767. The van der Waals surface area contributed by atoms with Crippen LogP contribution in [-0.4, -0.2) is 17.3 Å². The lowest BCUT2D eigenvalue weighted by Gasteiger charge is -2.20. The lowest BCUT2D eigenvalue weighted by Crippen LogP contribution is -2.08. The molecule has 0 spiro atoms. The molecule has 0 fully saturated rings. The molecule has 3 nitrogen and oxygen atoms in total. The van der Waals surface area contributed by atoms with Crippen molar-refractivity contribution in [1.82, 2.24) is 0 Å². The molecule has 0 aliphatic carbocycles. The molecule has 0 N–H and O–H groups in total. The molecule has 0 amide bonds. The molecule has 0 aromatic carbocycles. The minimum Gasteiger partial charge on any atom is -0.305 e. The van der Waals surface area contributed by atoms with E-state index in [0.29, 0.717) is 0 Å². The summed E-state index contributed by atoms with van der Waals surface area (Å²) in [7, 11) is -2.90. The molecule has 0 atom stereocenters. The van der Waals surface area contributed by atoms with Crippen molar-refractivity contribution in [1.29, 1.82) is 0 Å². The van der Waals surface area contributed by atoms with Gasteiger partial charge in [0.15, 0.2) is 0 Å². The average Bonchev–Trinajstić information content (AvgIpc) is 1.83. The molecule has 12 heavy (non-hydrogen) atoms. The fourth-order valence-corrected chi connectivity index (χ4v) is 2.88. The lowest BCUT2D eigenvalue weighted by atomic mass is 10.5. The number of hydrogen-bond donors (Lipinski definition) is 0. The molecule has 0 radical (unpaired) electrons. The predicted molar refractivity (Wildman–Crippen MR) is 53.8 cm³/mol. The van der Waals surface area contributed by atoms with Gasteiger partial charge in [0.2, 0.25) is 0 Å². The summed E-state index contributed by atoms with van der Waals surface area (Å²) in [5, 5.41) is 0.246. The van der Waals surface area contributed by atoms with Crippen molar-refractivity contribution in [3.8, 4) is 0 Å². The van der Waals surface area contributed by atoms with Crippen molar-refractivity contribution in [2.75, 3.05) is 5.07 Å². The van der Waals surface area contributed by atoms with Crippen LogP contribution in [0.5, 0.6) is 0 Å². The largest absolute Gasteiger partial charge is 0.341 e. The van der Waals surface area contributed by atoms with E-state index in [1.54, 1.807) is 0 Å². The third kappa shape index (κ3) is 5.31. The smallest absolute Gasteiger partial charge is 0.305 e. The Morgan fingerprint density at radius 1 is 1.17 bits per heavy atom. The molecule has 0 unspecified atom stereocenters. The number of hydrogen-bond acceptors (Lipinski definition) is 3. The van der Waals surface area contributed by atoms with Crippen molar-refractivity contribution in [2.45, 2.75) is 39.9 Å². The van der Waals surface area contributed by atoms with Gasteiger partial charge in [-0.3, -0.25) is 4.57 Å². The van der Waals surface area contributed by atoms with E-state index in [4.69, 9.17) is 9.05 Å². The van der Waals surface area contributed by atoms with Crippen molar-refractivity contribution in [3.63, 3.8) is 0 Å². The van der Waals surface area contributed by atoms with E-state index in [0.717, 1.165) is 0 Å². The molecule has 74 valence electrons. The van der Waals surface area contributed by atoms with E-state index in [2.05, 4.69) is 15.9 Å². The highest BCUT2D eigenvalue weighted by atomic mass is 79.9. The maximum absolute atomic E-state index is 11.7. The standard InChI is InChI=1S/C7H16BrO3P/c1-6(2)10-12(9,5-8)11-7(3)4/h6-7H,5H2,1-4H3. The number of rotatable bonds is 5. The van der Waals surface area contributed by atoms with Crippen molar-refractivity contribution < 1.29 is 13.6 Å². The summed E-state index contributed by atoms with van der Waals surface area (Å²) in [5.74, 6) is 0. The van der Waals surface area contributed by atoms with E-state index < -0.39 is 7.60 Å². The van der Waals surface area contributed by atoms with Gasteiger partial charge in [0.1, 0.15) is 5.07 Å². The predicted octanol–water partition coefficient (Wildman–Crippen LogP) is 3.38. The van der Waals surface area contributed by atoms with E-state index in [-0.39, 0.29) is 17.3 Å². The highest BCUT2D eigenvalue weighted by Gasteiger charge is 2.25. The molecule has 0 saturated carbocycles. The van der Waals surface area contributed by atoms with Crippen LogP contribution < -0.4 is 0 Å². The molecule has 0 aliphatic rings. The first-order chi connectivity index (χ1) is 5.39. The minimum atomic E-state index is -2.90. The monoisotopic (exact) mass is 258 g/mol. The second-order valence-electron chi connectivity index (χ2n) is 3.04. The summed E-state index contributed by atoms with van der Waals surface area (Å²) in [6.07, 6.45) is -0.153. The maximum atomic E-state index is 11.7. The highest BCUT2D eigenvalue weighted by molar-refractivity contribution is 9.10. The van der Waals surface area contributed by atoms with Crippen LogP contribution in [0, 0.1) is 0 Å². The van der Waals surface area contributed by atoms with Gasteiger partial charge in [-0.2, -0.15) is 0 Å². The van der Waals surface area contributed by atoms with Gasteiger partial charge in [0.25, 0.3) is 0 Å². The van der Waals surface area contributed by atoms with Crippen LogP contribution in [0.25, 0.3) is 0 Å². The molecule has 0 aromatic rings. The summed E-state index contributed by atoms with van der Waals surface area (Å²) >= 11 is 3.12. The number of alkyl halides is 1. The molecule has 0 aromatic heterocycles. The Morgan fingerprint density at radius 3 is 1.67 bits per heavy atom. The molecular weight excluding hydrogens is 243 g/mol. The fraction of sp³-hybridized carbons (Fsp3) is 1.00. The van der Waals surface area contributed by atoms with Gasteiger partial charge < -0.3 is 9.05 Å². The van der Waals surface area contributed by atoms with Gasteiger partial charge >= 0.3 is 7.60 Å². The SMILES string of the molecule is CC(C)OP(=O)(CBr)OC(C)C. The zero-order chi connectivity index (χ0) is 9.78. The molecule has 5 heteroatoms. The summed E-state index contributed by atoms with van der Waals surface area (Å²) < 4.78 is 22.1. The maximum Gasteiger partial charge on any atom is 0.341 e. The first-order valence-electron chi connectivity index (χ1n) is 3.91. The molecule has 0 rings (SSSR count). The zero-order valence-electron chi connectivity index (χ0n) is 7.91. The van der Waals surface area contributed by atoms with Crippen LogP contribution in [0.15, 0.2) is 0 Å². The number of halogens is 1. The van der Waals surface area contributed by atoms with Crippen LogP contribution in [0.3, 0.4) is 0 Å². The zero-order valence-corrected chi connectivity index (χ0v) is 10.4. The van der Waals surface area contributed by atoms with Crippen molar-refractivity contribution >= 4 is 23.5 Å². The molecule has 0 aliphatic heterocycles. The van der Waals surface area contributed by atoms with E-state index in [1.165, 1.54) is 0 Å². The Hall–Kier alpha value is 0.630. The molecule has 0 saturated heterocycles. The first kappa shape index (κ1) is 12.6. The van der Waals surface area contributed by atoms with Gasteiger partial charge in [0, 0.05) is 0 Å². The molecule has 0 bridgehead atoms. The topological polar surface area (TPSA) is 35.5 Å². The Kier molecular flexibility index (Phi) is 5.66. The Balaban J connectivity index is 4.15. The van der Waals surface area contributed by atoms with E-state index >= 15 is 0 Å². The van der Waals surface area contributed by atoms with Gasteiger partial charge in [-0.1, -0.05) is 15.9 Å². The molecule has 0 heterocycles. The van der Waals surface area contributed by atoms with Crippen LogP contribution in [0.4, 0.5) is 0 Å². The quantitative estimate of drug-likeness (QED) is 0.560. The van der Waals surface area contributed by atoms with E-state index in [1.807, 2.05) is 27.7 Å². The summed E-state index contributed by atoms with van der Waals surface area (Å²) in [6, 6.07) is 0. The molecular formula is C7H16BrO3P. The Bertz CT molecular complexity index is 156. The van der Waals surface area contributed by atoms with Crippen LogP contribution in [0.2, 0.25) is 0 Å². The second kappa shape index (κ2) is 5.38. The summed E-state index contributed by atoms with van der Waals surface area (Å²) in [6.45, 7) is 7.33. The van der Waals surface area contributed by atoms with Gasteiger partial charge in [-0.25, -0.2) is 0 Å². The van der Waals surface area contributed by atoms with Crippen LogP contribution in [0.1, 0.15) is 27.7 Å². The van der Waals surface area contributed by atoms with Gasteiger partial charge in [0.05, 0.1) is 12.2 Å². The fourth-order valence-electron chi connectivity index (χ4n) is 0.724. The first-order valence-corrected chi connectivity index (χ1v) is 6.76. The third-order valence-electron chi connectivity index (χ3n) is 0.889. The Labute approximate surface area is 82.5 Å². The normalized spacial score (nSPS) is 12.9. The van der Waals surface area contributed by atoms with Gasteiger partial charge in [-0.05, 0) is 27.7 Å². The van der Waals surface area contributed by atoms with Crippen molar-refractivity contribution in [3.05, 3.63) is 0 Å². The summed E-state index contributed by atoms with van der Waals surface area (Å²) in [5.41, 5.74) is 0. The van der Waals surface area contributed by atoms with Gasteiger partial charge in [-0.15, -0.1) is 0 Å². The Morgan fingerprint density at radius 2 is 1.50 bits per heavy atom.